The van der Waals surface area contributed by atoms with E-state index in [1.807, 2.05) is 0 Å². The van der Waals surface area contributed by atoms with Gasteiger partial charge in [-0.15, -0.1) is 0 Å². The van der Waals surface area contributed by atoms with Crippen LogP contribution in [0.2, 0.25) is 0 Å². The maximum absolute atomic E-state index is 12.7. The molecule has 2 aromatic carbocycles. The molecule has 0 saturated carbocycles. The highest BCUT2D eigenvalue weighted by atomic mass is 19.4. The van der Waals surface area contributed by atoms with Gasteiger partial charge in [-0.05, 0) is 48.0 Å². The third-order valence-electron chi connectivity index (χ3n) is 2.79. The fourth-order valence-electron chi connectivity index (χ4n) is 1.67. The van der Waals surface area contributed by atoms with Crippen molar-refractivity contribution in [1.82, 2.24) is 0 Å². The predicted octanol–water partition coefficient (Wildman–Crippen LogP) is 4.74. The lowest BCUT2D eigenvalue weighted by Gasteiger charge is -2.05. The maximum Gasteiger partial charge on any atom is 0.416 e. The SMILES string of the molecule is O=C(/C=C/c1ccc(C(F)(F)F)cc1)c1ccc(F)cc1. The second-order valence-corrected chi connectivity index (χ2v) is 4.32. The largest absolute Gasteiger partial charge is 0.416 e. The molecular formula is C16H10F4O. The minimum atomic E-state index is -4.38. The number of ketones is 1. The zero-order valence-electron chi connectivity index (χ0n) is 10.7. The van der Waals surface area contributed by atoms with Crippen molar-refractivity contribution in [2.45, 2.75) is 6.18 Å². The van der Waals surface area contributed by atoms with Crippen molar-refractivity contribution in [2.75, 3.05) is 0 Å². The molecule has 0 spiro atoms. The summed E-state index contributed by atoms with van der Waals surface area (Å²) in [7, 11) is 0. The van der Waals surface area contributed by atoms with Gasteiger partial charge in [-0.2, -0.15) is 13.2 Å². The second-order valence-electron chi connectivity index (χ2n) is 4.32. The summed E-state index contributed by atoms with van der Waals surface area (Å²) in [6, 6.07) is 9.46. The summed E-state index contributed by atoms with van der Waals surface area (Å²) in [6.07, 6.45) is -1.74. The van der Waals surface area contributed by atoms with Crippen LogP contribution in [0.1, 0.15) is 21.5 Å². The van der Waals surface area contributed by atoms with E-state index in [-0.39, 0.29) is 5.78 Å². The molecule has 0 aliphatic rings. The highest BCUT2D eigenvalue weighted by Crippen LogP contribution is 2.29. The lowest BCUT2D eigenvalue weighted by atomic mass is 10.1. The van der Waals surface area contributed by atoms with E-state index in [2.05, 4.69) is 0 Å². The molecule has 0 amide bonds. The van der Waals surface area contributed by atoms with E-state index in [1.54, 1.807) is 0 Å². The van der Waals surface area contributed by atoms with Gasteiger partial charge in [-0.25, -0.2) is 4.39 Å². The van der Waals surface area contributed by atoms with Crippen LogP contribution < -0.4 is 0 Å². The Morgan fingerprint density at radius 1 is 0.905 bits per heavy atom. The van der Waals surface area contributed by atoms with Crippen molar-refractivity contribution >= 4 is 11.9 Å². The highest BCUT2D eigenvalue weighted by molar-refractivity contribution is 6.06. The van der Waals surface area contributed by atoms with E-state index >= 15 is 0 Å². The first-order chi connectivity index (χ1) is 9.86. The van der Waals surface area contributed by atoms with E-state index in [0.29, 0.717) is 11.1 Å². The predicted molar refractivity (Wildman–Crippen MR) is 71.2 cm³/mol. The lowest BCUT2D eigenvalue weighted by Crippen LogP contribution is -2.04. The van der Waals surface area contributed by atoms with Crippen LogP contribution in [0.25, 0.3) is 6.08 Å². The van der Waals surface area contributed by atoms with Crippen LogP contribution in [0.4, 0.5) is 17.6 Å². The first-order valence-electron chi connectivity index (χ1n) is 6.01. The standard InChI is InChI=1S/C16H10F4O/c17-14-8-4-12(5-9-14)15(21)10-3-11-1-6-13(7-2-11)16(18,19)20/h1-10H/b10-3+. The lowest BCUT2D eigenvalue weighted by molar-refractivity contribution is -0.137. The fraction of sp³-hybridized carbons (Fsp3) is 0.0625. The van der Waals surface area contributed by atoms with Crippen LogP contribution in [0.15, 0.2) is 54.6 Å². The van der Waals surface area contributed by atoms with Crippen LogP contribution in [-0.2, 0) is 6.18 Å². The smallest absolute Gasteiger partial charge is 0.289 e. The van der Waals surface area contributed by atoms with Gasteiger partial charge in [0.15, 0.2) is 5.78 Å². The molecule has 108 valence electrons. The van der Waals surface area contributed by atoms with Crippen molar-refractivity contribution in [2.24, 2.45) is 0 Å². The Balaban J connectivity index is 2.10. The number of allylic oxidation sites excluding steroid dienone is 1. The van der Waals surface area contributed by atoms with Crippen LogP contribution in [-0.4, -0.2) is 5.78 Å². The summed E-state index contributed by atoms with van der Waals surface area (Å²) >= 11 is 0. The Bertz CT molecular complexity index is 652. The number of alkyl halides is 3. The molecule has 0 heterocycles. The van der Waals surface area contributed by atoms with Gasteiger partial charge in [-0.3, -0.25) is 4.79 Å². The third-order valence-corrected chi connectivity index (χ3v) is 2.79. The number of halogens is 4. The number of benzene rings is 2. The maximum atomic E-state index is 12.7. The van der Waals surface area contributed by atoms with Crippen molar-refractivity contribution in [3.8, 4) is 0 Å². The summed E-state index contributed by atoms with van der Waals surface area (Å²) in [4.78, 5) is 11.8. The van der Waals surface area contributed by atoms with Crippen molar-refractivity contribution < 1.29 is 22.4 Å². The molecule has 2 rings (SSSR count). The first-order valence-corrected chi connectivity index (χ1v) is 6.01. The molecule has 0 bridgehead atoms. The molecular weight excluding hydrogens is 284 g/mol. The number of hydrogen-bond acceptors (Lipinski definition) is 1. The van der Waals surface area contributed by atoms with Crippen LogP contribution >= 0.6 is 0 Å². The Kier molecular flexibility index (Phi) is 4.21. The monoisotopic (exact) mass is 294 g/mol. The topological polar surface area (TPSA) is 17.1 Å². The summed E-state index contributed by atoms with van der Waals surface area (Å²) < 4.78 is 49.9. The molecule has 0 unspecified atom stereocenters. The quantitative estimate of drug-likeness (QED) is 0.454. The molecule has 0 radical (unpaired) electrons. The van der Waals surface area contributed by atoms with Gasteiger partial charge in [0.1, 0.15) is 5.82 Å². The average Bonchev–Trinajstić information content (AvgIpc) is 2.45. The number of carbonyl (C=O) groups excluding carboxylic acids is 1. The van der Waals surface area contributed by atoms with Gasteiger partial charge < -0.3 is 0 Å². The van der Waals surface area contributed by atoms with E-state index in [1.165, 1.54) is 48.6 Å². The molecule has 2 aromatic rings. The number of hydrogen-bond donors (Lipinski definition) is 0. The highest BCUT2D eigenvalue weighted by Gasteiger charge is 2.29. The molecule has 1 nitrogen and oxygen atoms in total. The van der Waals surface area contributed by atoms with Gasteiger partial charge in [0.2, 0.25) is 0 Å². The van der Waals surface area contributed by atoms with Crippen molar-refractivity contribution in [3.05, 3.63) is 77.1 Å². The van der Waals surface area contributed by atoms with Gasteiger partial charge >= 0.3 is 6.18 Å². The van der Waals surface area contributed by atoms with Gasteiger partial charge in [0.05, 0.1) is 5.56 Å². The van der Waals surface area contributed by atoms with E-state index in [4.69, 9.17) is 0 Å². The Morgan fingerprint density at radius 3 is 2.00 bits per heavy atom. The summed E-state index contributed by atoms with van der Waals surface area (Å²) in [5, 5.41) is 0. The van der Waals surface area contributed by atoms with Crippen LogP contribution in [0.5, 0.6) is 0 Å². The van der Waals surface area contributed by atoms with Crippen LogP contribution in [0, 0.1) is 5.82 Å². The molecule has 0 fully saturated rings. The molecule has 0 aliphatic carbocycles. The van der Waals surface area contributed by atoms with E-state index in [0.717, 1.165) is 12.1 Å². The van der Waals surface area contributed by atoms with Crippen molar-refractivity contribution in [1.29, 1.82) is 0 Å². The number of rotatable bonds is 3. The minimum absolute atomic E-state index is 0.305. The van der Waals surface area contributed by atoms with E-state index in [9.17, 15) is 22.4 Å². The van der Waals surface area contributed by atoms with Gasteiger partial charge in [0.25, 0.3) is 0 Å². The molecule has 21 heavy (non-hydrogen) atoms. The Labute approximate surface area is 118 Å². The Morgan fingerprint density at radius 2 is 1.48 bits per heavy atom. The molecule has 0 saturated heterocycles. The van der Waals surface area contributed by atoms with Gasteiger partial charge in [0, 0.05) is 5.56 Å². The zero-order chi connectivity index (χ0) is 15.5. The summed E-state index contributed by atoms with van der Waals surface area (Å²) in [5.41, 5.74) is 0.0301. The number of carbonyl (C=O) groups is 1. The fourth-order valence-corrected chi connectivity index (χ4v) is 1.67. The van der Waals surface area contributed by atoms with E-state index < -0.39 is 17.6 Å². The molecule has 0 aromatic heterocycles. The summed E-state index contributed by atoms with van der Waals surface area (Å²) in [5.74, 6) is -0.798. The second kappa shape index (κ2) is 5.91. The zero-order valence-corrected chi connectivity index (χ0v) is 10.7. The average molecular weight is 294 g/mol. The Hall–Kier alpha value is -2.43. The summed E-state index contributed by atoms with van der Waals surface area (Å²) in [6.45, 7) is 0. The normalized spacial score (nSPS) is 11.8. The molecule has 5 heteroatoms. The molecule has 0 aliphatic heterocycles. The van der Waals surface area contributed by atoms with Crippen LogP contribution in [0.3, 0.4) is 0 Å². The molecule has 0 N–H and O–H groups in total. The third kappa shape index (κ3) is 4.02. The molecule has 0 atom stereocenters. The minimum Gasteiger partial charge on any atom is -0.289 e. The van der Waals surface area contributed by atoms with Crippen molar-refractivity contribution in [3.63, 3.8) is 0 Å². The first kappa shape index (κ1) is 15.0. The van der Waals surface area contributed by atoms with Gasteiger partial charge in [-0.1, -0.05) is 18.2 Å².